The van der Waals surface area contributed by atoms with Crippen molar-refractivity contribution in [1.82, 2.24) is 5.32 Å². The lowest BCUT2D eigenvalue weighted by molar-refractivity contribution is 0.311. The van der Waals surface area contributed by atoms with Crippen LogP contribution in [0.25, 0.3) is 0 Å². The summed E-state index contributed by atoms with van der Waals surface area (Å²) in [5, 5.41) is 3.51. The summed E-state index contributed by atoms with van der Waals surface area (Å²) in [6.07, 6.45) is 3.74. The molecule has 0 saturated carbocycles. The van der Waals surface area contributed by atoms with Crippen LogP contribution in [0.3, 0.4) is 0 Å². The van der Waals surface area contributed by atoms with Crippen LogP contribution in [-0.2, 0) is 6.42 Å². The summed E-state index contributed by atoms with van der Waals surface area (Å²) >= 11 is 0. The Hall–Kier alpha value is -1.80. The second-order valence-electron chi connectivity index (χ2n) is 6.52. The molecule has 2 aromatic rings. The third-order valence-electron chi connectivity index (χ3n) is 5.23. The molecule has 1 unspecified atom stereocenters. The van der Waals surface area contributed by atoms with E-state index in [4.69, 9.17) is 0 Å². The van der Waals surface area contributed by atoms with Crippen molar-refractivity contribution < 1.29 is 0 Å². The molecule has 1 N–H and O–H groups in total. The van der Waals surface area contributed by atoms with Gasteiger partial charge in [-0.25, -0.2) is 0 Å². The smallest absolute Gasteiger partial charge is 0.0571 e. The zero-order valence-electron chi connectivity index (χ0n) is 13.0. The van der Waals surface area contributed by atoms with Gasteiger partial charge in [0.05, 0.1) is 6.04 Å². The molecule has 114 valence electrons. The molecule has 0 spiro atoms. The Morgan fingerprint density at radius 1 is 0.909 bits per heavy atom. The lowest BCUT2D eigenvalue weighted by Gasteiger charge is -2.39. The number of fused-ring (bicyclic) bond motifs is 1. The molecule has 1 fully saturated rings. The van der Waals surface area contributed by atoms with Crippen molar-refractivity contribution >= 4 is 5.69 Å². The van der Waals surface area contributed by atoms with E-state index < -0.39 is 0 Å². The Morgan fingerprint density at radius 2 is 1.64 bits per heavy atom. The fourth-order valence-electron chi connectivity index (χ4n) is 4.17. The van der Waals surface area contributed by atoms with Gasteiger partial charge < -0.3 is 10.2 Å². The number of nitrogens with zero attached hydrogens (tertiary/aromatic N) is 1. The van der Waals surface area contributed by atoms with Crippen LogP contribution in [0.2, 0.25) is 0 Å². The van der Waals surface area contributed by atoms with E-state index >= 15 is 0 Å². The van der Waals surface area contributed by atoms with Crippen molar-refractivity contribution in [2.75, 3.05) is 24.5 Å². The predicted octanol–water partition coefficient (Wildman–Crippen LogP) is 3.79. The van der Waals surface area contributed by atoms with Gasteiger partial charge in [0.1, 0.15) is 0 Å². The number of nitrogens with one attached hydrogen (secondary N) is 1. The Labute approximate surface area is 133 Å². The standard InChI is InChI=1S/C20H24N2/c1-2-7-17(8-3-1)20(18-10-13-21-14-11-18)22-15-12-16-6-4-5-9-19(16)22/h1-9,18,20-21H,10-15H2. The first-order chi connectivity index (χ1) is 10.9. The first-order valence-electron chi connectivity index (χ1n) is 8.54. The molecule has 0 bridgehead atoms. The Bertz CT molecular complexity index is 617. The van der Waals surface area contributed by atoms with Crippen LogP contribution in [0.5, 0.6) is 0 Å². The van der Waals surface area contributed by atoms with E-state index in [1.54, 1.807) is 0 Å². The van der Waals surface area contributed by atoms with Gasteiger partial charge >= 0.3 is 0 Å². The summed E-state index contributed by atoms with van der Waals surface area (Å²) in [4.78, 5) is 2.67. The van der Waals surface area contributed by atoms with Gasteiger partial charge in [-0.15, -0.1) is 0 Å². The van der Waals surface area contributed by atoms with E-state index in [2.05, 4.69) is 64.8 Å². The lowest BCUT2D eigenvalue weighted by Crippen LogP contribution is -2.38. The molecule has 0 aromatic heterocycles. The van der Waals surface area contributed by atoms with Gasteiger partial charge in [-0.3, -0.25) is 0 Å². The fourth-order valence-corrected chi connectivity index (χ4v) is 4.17. The summed E-state index contributed by atoms with van der Waals surface area (Å²) in [6, 6.07) is 20.6. The topological polar surface area (TPSA) is 15.3 Å². The third-order valence-corrected chi connectivity index (χ3v) is 5.23. The normalized spacial score (nSPS) is 19.9. The van der Waals surface area contributed by atoms with Crippen molar-refractivity contribution in [3.8, 4) is 0 Å². The highest BCUT2D eigenvalue weighted by Gasteiger charge is 2.33. The van der Waals surface area contributed by atoms with Crippen molar-refractivity contribution in [1.29, 1.82) is 0 Å². The van der Waals surface area contributed by atoms with Gasteiger partial charge in [0.15, 0.2) is 0 Å². The number of benzene rings is 2. The van der Waals surface area contributed by atoms with Gasteiger partial charge in [0.25, 0.3) is 0 Å². The van der Waals surface area contributed by atoms with Crippen molar-refractivity contribution in [3.05, 3.63) is 65.7 Å². The van der Waals surface area contributed by atoms with Gasteiger partial charge in [-0.05, 0) is 55.5 Å². The summed E-state index contributed by atoms with van der Waals surface area (Å²) in [7, 11) is 0. The molecule has 1 saturated heterocycles. The maximum atomic E-state index is 3.51. The van der Waals surface area contributed by atoms with Crippen molar-refractivity contribution in [2.24, 2.45) is 5.92 Å². The summed E-state index contributed by atoms with van der Waals surface area (Å²) in [5.41, 5.74) is 4.44. The summed E-state index contributed by atoms with van der Waals surface area (Å²) in [5.74, 6) is 0.745. The van der Waals surface area contributed by atoms with Crippen molar-refractivity contribution in [2.45, 2.75) is 25.3 Å². The number of piperidine rings is 1. The number of hydrogen-bond acceptors (Lipinski definition) is 2. The first-order valence-corrected chi connectivity index (χ1v) is 8.54. The number of para-hydroxylation sites is 1. The molecule has 0 aliphatic carbocycles. The van der Waals surface area contributed by atoms with E-state index in [9.17, 15) is 0 Å². The zero-order valence-corrected chi connectivity index (χ0v) is 13.0. The minimum absolute atomic E-state index is 0.520. The molecular formula is C20H24N2. The van der Waals surface area contributed by atoms with Crippen LogP contribution in [0.1, 0.15) is 30.0 Å². The minimum Gasteiger partial charge on any atom is -0.364 e. The van der Waals surface area contributed by atoms with Crippen LogP contribution in [-0.4, -0.2) is 19.6 Å². The van der Waals surface area contributed by atoms with Crippen LogP contribution in [0, 0.1) is 5.92 Å². The lowest BCUT2D eigenvalue weighted by atomic mass is 9.85. The second kappa shape index (κ2) is 6.13. The first kappa shape index (κ1) is 13.8. The molecule has 22 heavy (non-hydrogen) atoms. The average molecular weight is 292 g/mol. The highest BCUT2D eigenvalue weighted by Crippen LogP contribution is 2.41. The molecule has 0 radical (unpaired) electrons. The molecule has 0 amide bonds. The Balaban J connectivity index is 1.72. The van der Waals surface area contributed by atoms with Gasteiger partial charge in [0, 0.05) is 12.2 Å². The van der Waals surface area contributed by atoms with E-state index in [0.717, 1.165) is 25.6 Å². The number of hydrogen-bond donors (Lipinski definition) is 1. The molecule has 2 heteroatoms. The monoisotopic (exact) mass is 292 g/mol. The molecule has 2 aliphatic heterocycles. The van der Waals surface area contributed by atoms with E-state index in [1.165, 1.54) is 36.1 Å². The molecule has 4 rings (SSSR count). The highest BCUT2D eigenvalue weighted by atomic mass is 15.2. The maximum absolute atomic E-state index is 3.51. The largest absolute Gasteiger partial charge is 0.364 e. The molecule has 1 atom stereocenters. The number of anilines is 1. The molecular weight excluding hydrogens is 268 g/mol. The molecule has 2 heterocycles. The highest BCUT2D eigenvalue weighted by molar-refractivity contribution is 5.59. The molecule has 2 aliphatic rings. The summed E-state index contributed by atoms with van der Waals surface area (Å²) < 4.78 is 0. The van der Waals surface area contributed by atoms with Crippen LogP contribution in [0.4, 0.5) is 5.69 Å². The van der Waals surface area contributed by atoms with E-state index in [-0.39, 0.29) is 0 Å². The molecule has 2 nitrogen and oxygen atoms in total. The number of rotatable bonds is 3. The quantitative estimate of drug-likeness (QED) is 0.926. The average Bonchev–Trinajstić information content (AvgIpc) is 3.01. The SMILES string of the molecule is c1ccc(C(C2CCNCC2)N2CCc3ccccc32)cc1. The zero-order chi connectivity index (χ0) is 14.8. The maximum Gasteiger partial charge on any atom is 0.0571 e. The van der Waals surface area contributed by atoms with Gasteiger partial charge in [-0.2, -0.15) is 0 Å². The van der Waals surface area contributed by atoms with Gasteiger partial charge in [-0.1, -0.05) is 48.5 Å². The minimum atomic E-state index is 0.520. The fraction of sp³-hybridized carbons (Fsp3) is 0.400. The Morgan fingerprint density at radius 3 is 2.45 bits per heavy atom. The Kier molecular flexibility index (Phi) is 3.86. The predicted molar refractivity (Wildman–Crippen MR) is 92.3 cm³/mol. The summed E-state index contributed by atoms with van der Waals surface area (Å²) in [6.45, 7) is 3.47. The second-order valence-corrected chi connectivity index (χ2v) is 6.52. The van der Waals surface area contributed by atoms with E-state index in [0.29, 0.717) is 6.04 Å². The van der Waals surface area contributed by atoms with Gasteiger partial charge in [0.2, 0.25) is 0 Å². The van der Waals surface area contributed by atoms with Crippen LogP contribution in [0.15, 0.2) is 54.6 Å². The van der Waals surface area contributed by atoms with Crippen LogP contribution >= 0.6 is 0 Å². The van der Waals surface area contributed by atoms with Crippen LogP contribution < -0.4 is 10.2 Å². The van der Waals surface area contributed by atoms with Crippen molar-refractivity contribution in [3.63, 3.8) is 0 Å². The third kappa shape index (κ3) is 2.52. The van der Waals surface area contributed by atoms with E-state index in [1.807, 2.05) is 0 Å². The molecule has 2 aromatic carbocycles.